The molecule has 1 rings (SSSR count). The maximum Gasteiger partial charge on any atom is 0.256 e. The number of nitrogens with one attached hydrogen (secondary N) is 1. The van der Waals surface area contributed by atoms with Gasteiger partial charge in [-0.25, -0.2) is 0 Å². The van der Waals surface area contributed by atoms with Crippen LogP contribution in [-0.2, 0) is 4.79 Å². The lowest BCUT2D eigenvalue weighted by molar-refractivity contribution is -0.153. The van der Waals surface area contributed by atoms with Crippen molar-refractivity contribution in [3.8, 4) is 0 Å². The largest absolute Gasteiger partial charge is 0.394 e. The number of hydrogen-bond donors (Lipinski definition) is 7. The van der Waals surface area contributed by atoms with Crippen molar-refractivity contribution in [3.63, 3.8) is 0 Å². The van der Waals surface area contributed by atoms with Gasteiger partial charge in [-0.3, -0.25) is 4.79 Å². The number of aliphatic hydroxyl groups is 6. The van der Waals surface area contributed by atoms with Crippen molar-refractivity contribution in [2.24, 2.45) is 0 Å². The number of aliphatic hydroxyl groups excluding tert-OH is 6. The van der Waals surface area contributed by atoms with Crippen molar-refractivity contribution in [3.05, 3.63) is 30.3 Å². The molecule has 0 fully saturated rings. The first kappa shape index (κ1) is 17.5. The highest BCUT2D eigenvalue weighted by atomic mass is 16.4. The molecule has 0 saturated heterocycles. The van der Waals surface area contributed by atoms with Gasteiger partial charge in [0, 0.05) is 5.69 Å². The molecule has 21 heavy (non-hydrogen) atoms. The molecule has 0 spiro atoms. The van der Waals surface area contributed by atoms with E-state index in [1.165, 1.54) is 0 Å². The second-order valence-electron chi connectivity index (χ2n) is 4.52. The van der Waals surface area contributed by atoms with Gasteiger partial charge in [0.15, 0.2) is 6.10 Å². The van der Waals surface area contributed by atoms with Gasteiger partial charge in [-0.05, 0) is 12.1 Å². The van der Waals surface area contributed by atoms with Gasteiger partial charge in [-0.1, -0.05) is 18.2 Å². The summed E-state index contributed by atoms with van der Waals surface area (Å²) < 4.78 is 0. The van der Waals surface area contributed by atoms with Crippen LogP contribution in [0.2, 0.25) is 0 Å². The van der Waals surface area contributed by atoms with Gasteiger partial charge < -0.3 is 36.0 Å². The highest BCUT2D eigenvalue weighted by Crippen LogP contribution is 2.11. The van der Waals surface area contributed by atoms with E-state index in [-0.39, 0.29) is 0 Å². The Labute approximate surface area is 120 Å². The Balaban J connectivity index is 2.64. The number of rotatable bonds is 7. The van der Waals surface area contributed by atoms with Crippen LogP contribution in [0.25, 0.3) is 0 Å². The number of carbonyl (C=O) groups excluding carboxylic acids is 1. The van der Waals surface area contributed by atoms with E-state index >= 15 is 0 Å². The predicted molar refractivity (Wildman–Crippen MR) is 72.2 cm³/mol. The summed E-state index contributed by atoms with van der Waals surface area (Å²) in [5, 5.41) is 58.3. The van der Waals surface area contributed by atoms with Gasteiger partial charge in [-0.15, -0.1) is 0 Å². The molecular formula is C13H19NO7. The molecule has 1 amide bonds. The third-order valence-electron chi connectivity index (χ3n) is 2.91. The van der Waals surface area contributed by atoms with Crippen LogP contribution in [0.1, 0.15) is 0 Å². The van der Waals surface area contributed by atoms with E-state index in [1.54, 1.807) is 30.3 Å². The van der Waals surface area contributed by atoms with Gasteiger partial charge in [0.05, 0.1) is 6.61 Å². The summed E-state index contributed by atoms with van der Waals surface area (Å²) in [5.74, 6) is -0.988. The Morgan fingerprint density at radius 2 is 1.52 bits per heavy atom. The SMILES string of the molecule is O=C(Nc1ccccc1)C(O)C(O)C(O)C(O)C(O)CO. The van der Waals surface area contributed by atoms with E-state index in [1.807, 2.05) is 0 Å². The monoisotopic (exact) mass is 301 g/mol. The van der Waals surface area contributed by atoms with E-state index in [0.29, 0.717) is 5.69 Å². The number of anilines is 1. The molecule has 0 saturated carbocycles. The molecule has 0 aliphatic carbocycles. The van der Waals surface area contributed by atoms with Crippen molar-refractivity contribution in [2.75, 3.05) is 11.9 Å². The first-order chi connectivity index (χ1) is 9.88. The van der Waals surface area contributed by atoms with Crippen molar-refractivity contribution in [2.45, 2.75) is 30.5 Å². The summed E-state index contributed by atoms with van der Waals surface area (Å²) in [6, 6.07) is 8.12. The van der Waals surface area contributed by atoms with Crippen LogP contribution in [0.3, 0.4) is 0 Å². The smallest absolute Gasteiger partial charge is 0.256 e. The van der Waals surface area contributed by atoms with Crippen LogP contribution < -0.4 is 5.32 Å². The minimum atomic E-state index is -2.04. The molecule has 0 radical (unpaired) electrons. The van der Waals surface area contributed by atoms with Crippen LogP contribution >= 0.6 is 0 Å². The molecule has 118 valence electrons. The highest BCUT2D eigenvalue weighted by Gasteiger charge is 2.37. The molecule has 0 bridgehead atoms. The Kier molecular flexibility index (Phi) is 6.69. The van der Waals surface area contributed by atoms with Crippen LogP contribution in [-0.4, -0.2) is 73.7 Å². The summed E-state index contributed by atoms with van der Waals surface area (Å²) in [5.41, 5.74) is 0.374. The second kappa shape index (κ2) is 8.03. The zero-order chi connectivity index (χ0) is 16.0. The van der Waals surface area contributed by atoms with E-state index in [2.05, 4.69) is 5.32 Å². The normalized spacial score (nSPS) is 18.4. The third kappa shape index (κ3) is 4.74. The van der Waals surface area contributed by atoms with E-state index in [0.717, 1.165) is 0 Å². The van der Waals surface area contributed by atoms with Gasteiger partial charge in [0.2, 0.25) is 0 Å². The maximum atomic E-state index is 11.7. The number of hydrogen-bond acceptors (Lipinski definition) is 7. The van der Waals surface area contributed by atoms with Gasteiger partial charge in [-0.2, -0.15) is 0 Å². The van der Waals surface area contributed by atoms with Gasteiger partial charge in [0.1, 0.15) is 24.4 Å². The Morgan fingerprint density at radius 3 is 2.05 bits per heavy atom. The molecule has 1 aromatic rings. The molecule has 0 aliphatic heterocycles. The fraction of sp³-hybridized carbons (Fsp3) is 0.462. The van der Waals surface area contributed by atoms with Gasteiger partial charge in [0.25, 0.3) is 5.91 Å². The quantitative estimate of drug-likeness (QED) is 0.292. The zero-order valence-electron chi connectivity index (χ0n) is 11.1. The number of benzene rings is 1. The van der Waals surface area contributed by atoms with Crippen LogP contribution in [0.5, 0.6) is 0 Å². The topological polar surface area (TPSA) is 150 Å². The summed E-state index contributed by atoms with van der Waals surface area (Å²) in [6.45, 7) is -0.850. The highest BCUT2D eigenvalue weighted by molar-refractivity contribution is 5.94. The first-order valence-electron chi connectivity index (χ1n) is 6.25. The van der Waals surface area contributed by atoms with Crippen molar-refractivity contribution in [1.29, 1.82) is 0 Å². The van der Waals surface area contributed by atoms with Crippen LogP contribution in [0.15, 0.2) is 30.3 Å². The molecule has 0 heterocycles. The second-order valence-corrected chi connectivity index (χ2v) is 4.52. The lowest BCUT2D eigenvalue weighted by Crippen LogP contribution is -2.52. The molecule has 8 heteroatoms. The predicted octanol–water partition coefficient (Wildman–Crippen LogP) is -2.58. The summed E-state index contributed by atoms with van der Waals surface area (Å²) in [7, 11) is 0. The summed E-state index contributed by atoms with van der Waals surface area (Å²) in [4.78, 5) is 11.7. The maximum absolute atomic E-state index is 11.7. The Hall–Kier alpha value is -1.55. The summed E-state index contributed by atoms with van der Waals surface area (Å²) in [6.07, 6.45) is -9.70. The van der Waals surface area contributed by atoms with Crippen molar-refractivity contribution < 1.29 is 35.4 Å². The number of para-hydroxylation sites is 1. The van der Waals surface area contributed by atoms with E-state index in [9.17, 15) is 25.2 Å². The minimum absolute atomic E-state index is 0.374. The molecule has 5 unspecified atom stereocenters. The van der Waals surface area contributed by atoms with E-state index in [4.69, 9.17) is 10.2 Å². The van der Waals surface area contributed by atoms with Crippen LogP contribution in [0, 0.1) is 0 Å². The molecule has 8 nitrogen and oxygen atoms in total. The first-order valence-corrected chi connectivity index (χ1v) is 6.25. The molecule has 1 aromatic carbocycles. The Bertz CT molecular complexity index is 441. The van der Waals surface area contributed by atoms with E-state index < -0.39 is 43.0 Å². The molecule has 0 aromatic heterocycles. The lowest BCUT2D eigenvalue weighted by atomic mass is 9.99. The Morgan fingerprint density at radius 1 is 0.952 bits per heavy atom. The zero-order valence-corrected chi connectivity index (χ0v) is 11.1. The average Bonchev–Trinajstić information content (AvgIpc) is 2.52. The number of carbonyl (C=O) groups is 1. The molecule has 7 N–H and O–H groups in total. The minimum Gasteiger partial charge on any atom is -0.394 e. The lowest BCUT2D eigenvalue weighted by Gasteiger charge is -2.27. The molecule has 0 aliphatic rings. The average molecular weight is 301 g/mol. The van der Waals surface area contributed by atoms with Crippen LogP contribution in [0.4, 0.5) is 5.69 Å². The van der Waals surface area contributed by atoms with Gasteiger partial charge >= 0.3 is 0 Å². The third-order valence-corrected chi connectivity index (χ3v) is 2.91. The fourth-order valence-electron chi connectivity index (χ4n) is 1.62. The van der Waals surface area contributed by atoms with Crippen molar-refractivity contribution in [1.82, 2.24) is 0 Å². The molecular weight excluding hydrogens is 282 g/mol. The number of amides is 1. The van der Waals surface area contributed by atoms with Crippen molar-refractivity contribution >= 4 is 11.6 Å². The molecule has 5 atom stereocenters. The summed E-state index contributed by atoms with van der Waals surface area (Å²) >= 11 is 0. The standard InChI is InChI=1S/C13H19NO7/c15-6-8(16)9(17)10(18)11(19)12(20)13(21)14-7-4-2-1-3-5-7/h1-5,8-12,15-20H,6H2,(H,14,21). The fourth-order valence-corrected chi connectivity index (χ4v) is 1.62.